The van der Waals surface area contributed by atoms with Crippen molar-refractivity contribution < 1.29 is 23.3 Å². The number of nitrogens with one attached hydrogen (secondary N) is 3. The Bertz CT molecular complexity index is 881. The zero-order valence-corrected chi connectivity index (χ0v) is 16.0. The van der Waals surface area contributed by atoms with Gasteiger partial charge in [-0.15, -0.1) is 0 Å². The largest absolute Gasteiger partial charge is 0.463 e. The molecule has 28 heavy (non-hydrogen) atoms. The fraction of sp³-hybridized carbons (Fsp3) is 0.238. The van der Waals surface area contributed by atoms with Gasteiger partial charge in [0.05, 0.1) is 12.5 Å². The van der Waals surface area contributed by atoms with Gasteiger partial charge in [-0.2, -0.15) is 0 Å². The van der Waals surface area contributed by atoms with Crippen molar-refractivity contribution in [3.63, 3.8) is 0 Å². The topological polar surface area (TPSA) is 88.9 Å². The number of imide groups is 1. The Morgan fingerprint density at radius 2 is 1.61 bits per heavy atom. The van der Waals surface area contributed by atoms with Crippen molar-refractivity contribution in [2.75, 3.05) is 11.9 Å². The number of hydrogen-bond donors (Lipinski definition) is 3. The molecule has 3 amide bonds. The van der Waals surface area contributed by atoms with Crippen LogP contribution >= 0.6 is 0 Å². The maximum atomic E-state index is 12.4. The van der Waals surface area contributed by atoms with Gasteiger partial charge in [0.15, 0.2) is 18.1 Å². The van der Waals surface area contributed by atoms with Crippen molar-refractivity contribution >= 4 is 17.6 Å². The van der Waals surface area contributed by atoms with Gasteiger partial charge in [0.2, 0.25) is 0 Å². The molecule has 0 unspecified atom stereocenters. The number of anilines is 1. The summed E-state index contributed by atoms with van der Waals surface area (Å²) in [5.41, 5.74) is 2.71. The van der Waals surface area contributed by atoms with Crippen molar-refractivity contribution in [3.8, 4) is 0 Å². The van der Waals surface area contributed by atoms with E-state index in [9.17, 15) is 9.59 Å². The third-order valence-corrected chi connectivity index (χ3v) is 4.30. The molecule has 0 bridgehead atoms. The van der Waals surface area contributed by atoms with E-state index in [1.807, 2.05) is 44.2 Å². The van der Waals surface area contributed by atoms with E-state index in [4.69, 9.17) is 8.83 Å². The fourth-order valence-corrected chi connectivity index (χ4v) is 3.01. The molecule has 2 aromatic heterocycles. The average molecular weight is 382 g/mol. The van der Waals surface area contributed by atoms with Crippen molar-refractivity contribution in [2.45, 2.75) is 26.9 Å². The normalized spacial score (nSPS) is 10.8. The van der Waals surface area contributed by atoms with E-state index >= 15 is 0 Å². The number of hydrogen-bond acceptors (Lipinski definition) is 4. The first-order chi connectivity index (χ1) is 13.5. The molecule has 0 aliphatic rings. The minimum absolute atomic E-state index is 0.0989. The smallest absolute Gasteiger partial charge is 0.326 e. The number of aryl methyl sites for hydroxylation is 2. The lowest BCUT2D eigenvalue weighted by molar-refractivity contribution is -0.921. The van der Waals surface area contributed by atoms with Crippen LogP contribution in [-0.4, -0.2) is 18.5 Å². The van der Waals surface area contributed by atoms with E-state index < -0.39 is 6.03 Å². The highest BCUT2D eigenvalue weighted by Crippen LogP contribution is 2.15. The molecule has 0 spiro atoms. The summed E-state index contributed by atoms with van der Waals surface area (Å²) in [5.74, 6) is 1.14. The molecule has 0 saturated carbocycles. The lowest BCUT2D eigenvalue weighted by Gasteiger charge is -2.17. The van der Waals surface area contributed by atoms with Crippen LogP contribution in [-0.2, 0) is 17.9 Å². The van der Waals surface area contributed by atoms with Crippen LogP contribution in [0, 0.1) is 13.8 Å². The number of furan rings is 2. The van der Waals surface area contributed by atoms with Gasteiger partial charge in [0, 0.05) is 5.69 Å². The molecule has 0 radical (unpaired) electrons. The molecular formula is C21H24N3O4+. The van der Waals surface area contributed by atoms with Gasteiger partial charge >= 0.3 is 6.03 Å². The lowest BCUT2D eigenvalue weighted by atomic mass is 10.1. The molecule has 2 heterocycles. The highest BCUT2D eigenvalue weighted by molar-refractivity contribution is 6.01. The summed E-state index contributed by atoms with van der Waals surface area (Å²) in [4.78, 5) is 25.5. The summed E-state index contributed by atoms with van der Waals surface area (Å²) in [6, 6.07) is 12.5. The fourth-order valence-electron chi connectivity index (χ4n) is 3.01. The van der Waals surface area contributed by atoms with E-state index in [2.05, 4.69) is 10.6 Å². The van der Waals surface area contributed by atoms with Crippen LogP contribution in [0.4, 0.5) is 10.5 Å². The molecule has 0 saturated heterocycles. The summed E-state index contributed by atoms with van der Waals surface area (Å²) < 4.78 is 10.8. The SMILES string of the molecule is Cc1ccc(NC(=O)NC(=O)C[NH+](Cc2ccco2)Cc2ccco2)c(C)c1. The summed E-state index contributed by atoms with van der Waals surface area (Å²) in [7, 11) is 0. The molecular weight excluding hydrogens is 358 g/mol. The Morgan fingerprint density at radius 1 is 0.964 bits per heavy atom. The van der Waals surface area contributed by atoms with Gasteiger partial charge in [-0.05, 0) is 49.7 Å². The van der Waals surface area contributed by atoms with Crippen LogP contribution in [0.1, 0.15) is 22.6 Å². The standard InChI is InChI=1S/C21H23N3O4/c1-15-7-8-19(16(2)11-15)22-21(26)23-20(25)14-24(12-17-5-3-9-27-17)13-18-6-4-10-28-18/h3-11H,12-14H2,1-2H3,(H2,22,23,25,26)/p+1. The van der Waals surface area contributed by atoms with Gasteiger partial charge < -0.3 is 19.1 Å². The molecule has 146 valence electrons. The van der Waals surface area contributed by atoms with Crippen molar-refractivity contribution in [1.29, 1.82) is 0 Å². The Hall–Kier alpha value is -3.32. The van der Waals surface area contributed by atoms with Crippen molar-refractivity contribution in [3.05, 3.63) is 77.6 Å². The highest BCUT2D eigenvalue weighted by Gasteiger charge is 2.20. The van der Waals surface area contributed by atoms with Gasteiger partial charge in [0.25, 0.3) is 5.91 Å². The summed E-state index contributed by atoms with van der Waals surface area (Å²) in [5, 5.41) is 5.10. The molecule has 7 heteroatoms. The van der Waals surface area contributed by atoms with E-state index in [0.29, 0.717) is 18.8 Å². The molecule has 3 rings (SSSR count). The number of rotatable bonds is 7. The summed E-state index contributed by atoms with van der Waals surface area (Å²) >= 11 is 0. The summed E-state index contributed by atoms with van der Waals surface area (Å²) in [6.07, 6.45) is 3.19. The molecule has 1 aromatic carbocycles. The number of amides is 3. The van der Waals surface area contributed by atoms with Crippen molar-refractivity contribution in [2.24, 2.45) is 0 Å². The maximum absolute atomic E-state index is 12.4. The van der Waals surface area contributed by atoms with Crippen LogP contribution < -0.4 is 15.5 Å². The third kappa shape index (κ3) is 5.59. The molecule has 7 nitrogen and oxygen atoms in total. The van der Waals surface area contributed by atoms with E-state index in [-0.39, 0.29) is 12.5 Å². The van der Waals surface area contributed by atoms with E-state index in [1.165, 1.54) is 0 Å². The molecule has 0 atom stereocenters. The van der Waals surface area contributed by atoms with E-state index in [0.717, 1.165) is 27.5 Å². The van der Waals surface area contributed by atoms with Gasteiger partial charge in [-0.1, -0.05) is 17.7 Å². The van der Waals surface area contributed by atoms with Gasteiger partial charge in [0.1, 0.15) is 13.1 Å². The molecule has 0 aliphatic heterocycles. The zero-order valence-electron chi connectivity index (χ0n) is 16.0. The Kier molecular flexibility index (Phi) is 6.29. The molecule has 3 N–H and O–H groups in total. The number of carbonyl (C=O) groups excluding carboxylic acids is 2. The predicted octanol–water partition coefficient (Wildman–Crippen LogP) is 2.42. The Morgan fingerprint density at radius 3 is 2.14 bits per heavy atom. The van der Waals surface area contributed by atoms with Crippen LogP contribution in [0.15, 0.2) is 63.8 Å². The monoisotopic (exact) mass is 382 g/mol. The molecule has 0 aliphatic carbocycles. The minimum Gasteiger partial charge on any atom is -0.463 e. The Labute approximate surface area is 163 Å². The third-order valence-electron chi connectivity index (χ3n) is 4.30. The van der Waals surface area contributed by atoms with Crippen LogP contribution in [0.2, 0.25) is 0 Å². The number of quaternary nitrogens is 1. The van der Waals surface area contributed by atoms with Gasteiger partial charge in [-0.25, -0.2) is 4.79 Å². The van der Waals surface area contributed by atoms with Crippen LogP contribution in [0.25, 0.3) is 0 Å². The maximum Gasteiger partial charge on any atom is 0.326 e. The van der Waals surface area contributed by atoms with Crippen LogP contribution in [0.3, 0.4) is 0 Å². The Balaban J connectivity index is 1.58. The second kappa shape index (κ2) is 9.05. The van der Waals surface area contributed by atoms with Crippen molar-refractivity contribution in [1.82, 2.24) is 5.32 Å². The highest BCUT2D eigenvalue weighted by atomic mass is 16.3. The number of carbonyl (C=O) groups is 2. The first-order valence-electron chi connectivity index (χ1n) is 9.06. The first-order valence-corrected chi connectivity index (χ1v) is 9.06. The second-order valence-corrected chi connectivity index (χ2v) is 6.76. The molecule has 0 fully saturated rings. The second-order valence-electron chi connectivity index (χ2n) is 6.76. The van der Waals surface area contributed by atoms with Crippen LogP contribution in [0.5, 0.6) is 0 Å². The summed E-state index contributed by atoms with van der Waals surface area (Å²) in [6.45, 7) is 4.99. The van der Waals surface area contributed by atoms with Gasteiger partial charge in [-0.3, -0.25) is 10.1 Å². The lowest BCUT2D eigenvalue weighted by Crippen LogP contribution is -3.10. The van der Waals surface area contributed by atoms with E-state index in [1.54, 1.807) is 24.7 Å². The molecule has 3 aromatic rings. The quantitative estimate of drug-likeness (QED) is 0.586. The number of benzene rings is 1. The zero-order chi connectivity index (χ0) is 19.9. The minimum atomic E-state index is -0.549. The first kappa shape index (κ1) is 19.4. The predicted molar refractivity (Wildman–Crippen MR) is 104 cm³/mol. The average Bonchev–Trinajstić information content (AvgIpc) is 3.31. The number of urea groups is 1.